The van der Waals surface area contributed by atoms with E-state index in [1.165, 1.54) is 40.7 Å². The Hall–Kier alpha value is -4.44. The molecular formula is C33H31N3O6Si. The van der Waals surface area contributed by atoms with Crippen LogP contribution < -0.4 is 20.2 Å². The lowest BCUT2D eigenvalue weighted by atomic mass is 9.78. The number of fused-ring (bicyclic) bond motifs is 6. The molecule has 8 rings (SSSR count). The topological polar surface area (TPSA) is 96.5 Å². The van der Waals surface area contributed by atoms with Crippen LogP contribution in [0.15, 0.2) is 54.6 Å². The highest BCUT2D eigenvalue weighted by atomic mass is 28.3. The summed E-state index contributed by atoms with van der Waals surface area (Å²) in [5.41, 5.74) is 3.99. The second kappa shape index (κ2) is 9.03. The molecule has 0 bridgehead atoms. The number of hydroxylamine groups is 2. The number of imide groups is 1. The summed E-state index contributed by atoms with van der Waals surface area (Å²) in [5, 5.41) is 2.94. The van der Waals surface area contributed by atoms with Gasteiger partial charge in [-0.15, -0.1) is 5.06 Å². The summed E-state index contributed by atoms with van der Waals surface area (Å²) in [4.78, 5) is 61.1. The third kappa shape index (κ3) is 3.62. The van der Waals surface area contributed by atoms with Gasteiger partial charge in [0.2, 0.25) is 0 Å². The van der Waals surface area contributed by atoms with Crippen LogP contribution in [0.4, 0.5) is 11.4 Å². The number of ether oxygens (including phenoxy) is 1. The normalized spacial score (nSPS) is 20.7. The molecule has 218 valence electrons. The molecule has 0 N–H and O–H groups in total. The van der Waals surface area contributed by atoms with Crippen LogP contribution in [0.2, 0.25) is 13.1 Å². The van der Waals surface area contributed by atoms with E-state index in [2.05, 4.69) is 59.3 Å². The van der Waals surface area contributed by atoms with Crippen LogP contribution in [0.1, 0.15) is 63.1 Å². The first-order chi connectivity index (χ1) is 20.7. The lowest BCUT2D eigenvalue weighted by Gasteiger charge is -2.45. The highest BCUT2D eigenvalue weighted by Crippen LogP contribution is 2.50. The minimum atomic E-state index is -2.29. The fourth-order valence-electron chi connectivity index (χ4n) is 7.13. The van der Waals surface area contributed by atoms with Crippen LogP contribution in [0, 0.1) is 0 Å². The van der Waals surface area contributed by atoms with Crippen molar-refractivity contribution in [1.82, 2.24) is 5.06 Å². The average Bonchev–Trinajstić information content (AvgIpc) is 3.41. The zero-order valence-electron chi connectivity index (χ0n) is 24.1. The van der Waals surface area contributed by atoms with Crippen LogP contribution in [-0.2, 0) is 24.8 Å². The molecule has 5 aliphatic heterocycles. The first kappa shape index (κ1) is 26.2. The van der Waals surface area contributed by atoms with Crippen LogP contribution >= 0.6 is 0 Å². The summed E-state index contributed by atoms with van der Waals surface area (Å²) in [6, 6.07) is 17.7. The molecule has 3 fully saturated rings. The number of hydrogen-bond donors (Lipinski definition) is 0. The number of hydrogen-bond acceptors (Lipinski definition) is 8. The standard InChI is InChI=1S/C33H31N3O6Si/c1-43(2)27-18-21(34-13-3-14-34)6-9-24(27)33(25-10-7-22(19-28(25)43)35-15-4-16-35)26-17-20(5-8-23(26)32(40)41-33)31(39)42-36-29(37)11-12-30(36)38/h5-10,17-19H,3-4,11-16H2,1-2H3. The fourth-order valence-corrected chi connectivity index (χ4v) is 10.3. The van der Waals surface area contributed by atoms with Gasteiger partial charge in [-0.25, -0.2) is 9.59 Å². The fraction of sp³-hybridized carbons (Fsp3) is 0.333. The Morgan fingerprint density at radius 3 is 1.84 bits per heavy atom. The molecule has 3 saturated heterocycles. The molecule has 10 heteroatoms. The van der Waals surface area contributed by atoms with Crippen molar-refractivity contribution in [2.45, 2.75) is 44.4 Å². The predicted octanol–water partition coefficient (Wildman–Crippen LogP) is 2.93. The molecule has 9 nitrogen and oxygen atoms in total. The minimum Gasteiger partial charge on any atom is -0.441 e. The first-order valence-electron chi connectivity index (χ1n) is 14.9. The number of benzene rings is 3. The lowest BCUT2D eigenvalue weighted by Crippen LogP contribution is -2.63. The van der Waals surface area contributed by atoms with Gasteiger partial charge in [0.05, 0.1) is 11.1 Å². The maximum Gasteiger partial charge on any atom is 0.363 e. The molecular weight excluding hydrogens is 562 g/mol. The average molecular weight is 594 g/mol. The summed E-state index contributed by atoms with van der Waals surface area (Å²) >= 11 is 0. The number of amides is 2. The summed E-state index contributed by atoms with van der Waals surface area (Å²) in [6.45, 7) is 8.79. The predicted molar refractivity (Wildman–Crippen MR) is 162 cm³/mol. The molecule has 0 atom stereocenters. The summed E-state index contributed by atoms with van der Waals surface area (Å²) in [7, 11) is -2.29. The summed E-state index contributed by atoms with van der Waals surface area (Å²) < 4.78 is 6.48. The van der Waals surface area contributed by atoms with E-state index in [0.717, 1.165) is 37.3 Å². The van der Waals surface area contributed by atoms with E-state index in [4.69, 9.17) is 9.57 Å². The number of rotatable bonds is 4. The van der Waals surface area contributed by atoms with E-state index in [0.29, 0.717) is 16.2 Å². The molecule has 0 unspecified atom stereocenters. The molecule has 0 aromatic heterocycles. The largest absolute Gasteiger partial charge is 0.441 e. The second-order valence-corrected chi connectivity index (χ2v) is 16.9. The van der Waals surface area contributed by atoms with Gasteiger partial charge in [-0.2, -0.15) is 0 Å². The van der Waals surface area contributed by atoms with Crippen LogP contribution in [0.25, 0.3) is 0 Å². The summed E-state index contributed by atoms with van der Waals surface area (Å²) in [6.07, 6.45) is 2.35. The van der Waals surface area contributed by atoms with Crippen LogP contribution in [-0.4, -0.2) is 63.1 Å². The smallest absolute Gasteiger partial charge is 0.363 e. The van der Waals surface area contributed by atoms with Crippen LogP contribution in [0.5, 0.6) is 0 Å². The van der Waals surface area contributed by atoms with Gasteiger partial charge in [0.15, 0.2) is 5.60 Å². The van der Waals surface area contributed by atoms with Gasteiger partial charge in [-0.05, 0) is 65.7 Å². The molecule has 43 heavy (non-hydrogen) atoms. The van der Waals surface area contributed by atoms with E-state index in [1.807, 2.05) is 0 Å². The van der Waals surface area contributed by atoms with Gasteiger partial charge in [0.25, 0.3) is 11.8 Å². The quantitative estimate of drug-likeness (QED) is 0.259. The maximum atomic E-state index is 13.6. The van der Waals surface area contributed by atoms with Gasteiger partial charge in [-0.3, -0.25) is 9.59 Å². The van der Waals surface area contributed by atoms with Crippen LogP contribution in [0.3, 0.4) is 0 Å². The highest BCUT2D eigenvalue weighted by molar-refractivity contribution is 7.01. The molecule has 3 aromatic rings. The molecule has 1 spiro atoms. The van der Waals surface area contributed by atoms with E-state index < -0.39 is 37.4 Å². The first-order valence-corrected chi connectivity index (χ1v) is 17.9. The molecule has 5 heterocycles. The van der Waals surface area contributed by atoms with Crippen molar-refractivity contribution < 1.29 is 28.8 Å². The molecule has 2 amide bonds. The Kier molecular flexibility index (Phi) is 5.50. The van der Waals surface area contributed by atoms with Crippen molar-refractivity contribution in [3.63, 3.8) is 0 Å². The zero-order chi connectivity index (χ0) is 29.7. The van der Waals surface area contributed by atoms with Gasteiger partial charge in [0.1, 0.15) is 8.07 Å². The number of carbonyl (C=O) groups excluding carboxylic acids is 4. The Bertz CT molecular complexity index is 1690. The second-order valence-electron chi connectivity index (χ2n) is 12.6. The monoisotopic (exact) mass is 593 g/mol. The van der Waals surface area contributed by atoms with Crippen molar-refractivity contribution in [2.75, 3.05) is 36.0 Å². The van der Waals surface area contributed by atoms with Crippen molar-refractivity contribution in [3.8, 4) is 0 Å². The number of esters is 1. The van der Waals surface area contributed by atoms with E-state index in [9.17, 15) is 19.2 Å². The van der Waals surface area contributed by atoms with Gasteiger partial charge in [-0.1, -0.05) is 25.2 Å². The third-order valence-electron chi connectivity index (χ3n) is 9.83. The van der Waals surface area contributed by atoms with Crippen molar-refractivity contribution in [3.05, 3.63) is 82.4 Å². The lowest BCUT2D eigenvalue weighted by molar-refractivity contribution is -0.172. The van der Waals surface area contributed by atoms with Gasteiger partial charge in [0, 0.05) is 67.1 Å². The minimum absolute atomic E-state index is 0.00777. The molecule has 0 saturated carbocycles. The Morgan fingerprint density at radius 2 is 1.33 bits per heavy atom. The molecule has 5 aliphatic rings. The number of anilines is 2. The molecule has 3 aromatic carbocycles. The molecule has 0 radical (unpaired) electrons. The molecule has 0 aliphatic carbocycles. The number of nitrogens with zero attached hydrogens (tertiary/aromatic N) is 3. The Balaban J connectivity index is 1.32. The summed E-state index contributed by atoms with van der Waals surface area (Å²) in [5.74, 6) is -2.40. The van der Waals surface area contributed by atoms with Gasteiger partial charge < -0.3 is 19.4 Å². The van der Waals surface area contributed by atoms with Gasteiger partial charge >= 0.3 is 11.9 Å². The van der Waals surface area contributed by atoms with E-state index in [-0.39, 0.29) is 18.4 Å². The van der Waals surface area contributed by atoms with Crippen molar-refractivity contribution in [2.24, 2.45) is 0 Å². The highest BCUT2D eigenvalue weighted by Gasteiger charge is 2.56. The third-order valence-corrected chi connectivity index (χ3v) is 13.4. The number of carbonyl (C=O) groups is 4. The Labute approximate surface area is 249 Å². The van der Waals surface area contributed by atoms with Crippen molar-refractivity contribution in [1.29, 1.82) is 0 Å². The van der Waals surface area contributed by atoms with E-state index >= 15 is 0 Å². The Morgan fingerprint density at radius 1 is 0.767 bits per heavy atom. The maximum absolute atomic E-state index is 13.6. The van der Waals surface area contributed by atoms with E-state index in [1.54, 1.807) is 12.1 Å². The SMILES string of the molecule is C[Si]1(C)c2cc(N3CCC3)ccc2C2(OC(=O)c3ccc(C(=O)ON4C(=O)CCC4=O)cc32)c2ccc(N3CCC3)cc21. The van der Waals surface area contributed by atoms with Crippen molar-refractivity contribution >= 4 is 53.6 Å². The zero-order valence-corrected chi connectivity index (χ0v) is 25.1.